The van der Waals surface area contributed by atoms with Gasteiger partial charge in [0.2, 0.25) is 0 Å². The van der Waals surface area contributed by atoms with Gasteiger partial charge in [-0.3, -0.25) is 4.98 Å². The Morgan fingerprint density at radius 3 is 2.45 bits per heavy atom. The highest BCUT2D eigenvalue weighted by Gasteiger charge is 2.42. The third-order valence-corrected chi connectivity index (χ3v) is 6.16. The van der Waals surface area contributed by atoms with Gasteiger partial charge in [-0.15, -0.1) is 0 Å². The Bertz CT molecular complexity index is 1220. The highest BCUT2D eigenvalue weighted by Crippen LogP contribution is 2.43. The minimum atomic E-state index is -0.151. The molecule has 1 fully saturated rings. The molecule has 3 heterocycles. The maximum atomic E-state index is 6.39. The fourth-order valence-corrected chi connectivity index (χ4v) is 4.41. The summed E-state index contributed by atoms with van der Waals surface area (Å²) in [5.41, 5.74) is 5.50. The second-order valence-corrected chi connectivity index (χ2v) is 8.22. The minimum absolute atomic E-state index is 0.120. The van der Waals surface area contributed by atoms with Crippen LogP contribution in [-0.4, -0.2) is 10.1 Å². The molecule has 0 unspecified atom stereocenters. The first-order chi connectivity index (χ1) is 15.1. The van der Waals surface area contributed by atoms with Gasteiger partial charge in [0.25, 0.3) is 0 Å². The van der Waals surface area contributed by atoms with Crippen molar-refractivity contribution >= 4 is 23.0 Å². The molecule has 154 valence electrons. The van der Waals surface area contributed by atoms with Crippen molar-refractivity contribution < 1.29 is 4.42 Å². The topological polar surface area (TPSA) is 41.3 Å². The van der Waals surface area contributed by atoms with E-state index < -0.39 is 0 Å². The lowest BCUT2D eigenvalue weighted by Crippen LogP contribution is -2.29. The predicted octanol–water partition coefficient (Wildman–Crippen LogP) is 6.14. The van der Waals surface area contributed by atoms with E-state index in [0.29, 0.717) is 5.11 Å². The van der Waals surface area contributed by atoms with Gasteiger partial charge in [-0.25, -0.2) is 0 Å². The number of rotatable bonds is 4. The van der Waals surface area contributed by atoms with Gasteiger partial charge < -0.3 is 14.6 Å². The van der Waals surface area contributed by atoms with Crippen molar-refractivity contribution in [2.45, 2.75) is 25.9 Å². The van der Waals surface area contributed by atoms with Crippen LogP contribution in [0.5, 0.6) is 0 Å². The first kappa shape index (κ1) is 19.5. The normalized spacial score (nSPS) is 18.3. The molecule has 2 atom stereocenters. The standard InChI is InChI=1S/C26H23N3OS/c1-17-11-12-20(16-18(17)2)29-25(24(28-26(29)31)21-10-6-7-15-27-21)23-14-13-22(30-23)19-8-4-3-5-9-19/h3-16,24-25H,1-2H3,(H,28,31)/t24-,25-/m1/s1. The van der Waals surface area contributed by atoms with Gasteiger partial charge >= 0.3 is 0 Å². The molecule has 0 bridgehead atoms. The first-order valence-corrected chi connectivity index (χ1v) is 10.8. The molecule has 1 N–H and O–H groups in total. The van der Waals surface area contributed by atoms with Crippen LogP contribution in [0.4, 0.5) is 5.69 Å². The lowest BCUT2D eigenvalue weighted by Gasteiger charge is -2.26. The SMILES string of the molecule is Cc1ccc(N2C(=S)N[C@H](c3ccccn3)[C@H]2c2ccc(-c3ccccc3)o2)cc1C. The summed E-state index contributed by atoms with van der Waals surface area (Å²) >= 11 is 5.80. The molecule has 1 aliphatic rings. The number of thiocarbonyl (C=S) groups is 1. The zero-order valence-corrected chi connectivity index (χ0v) is 18.3. The van der Waals surface area contributed by atoms with E-state index in [2.05, 4.69) is 59.4 Å². The van der Waals surface area contributed by atoms with Gasteiger partial charge in [0.05, 0.1) is 11.7 Å². The van der Waals surface area contributed by atoms with Crippen LogP contribution < -0.4 is 10.2 Å². The highest BCUT2D eigenvalue weighted by molar-refractivity contribution is 7.80. The molecular formula is C26H23N3OS. The smallest absolute Gasteiger partial charge is 0.174 e. The first-order valence-electron chi connectivity index (χ1n) is 10.3. The van der Waals surface area contributed by atoms with Crippen LogP contribution in [0.1, 0.15) is 34.7 Å². The summed E-state index contributed by atoms with van der Waals surface area (Å²) in [6.07, 6.45) is 1.81. The largest absolute Gasteiger partial charge is 0.459 e. The maximum absolute atomic E-state index is 6.39. The van der Waals surface area contributed by atoms with Crippen LogP contribution in [0.25, 0.3) is 11.3 Å². The van der Waals surface area contributed by atoms with Gasteiger partial charge in [0.15, 0.2) is 5.11 Å². The Balaban J connectivity index is 1.61. The molecule has 0 amide bonds. The minimum Gasteiger partial charge on any atom is -0.459 e. The number of pyridine rings is 1. The molecule has 0 spiro atoms. The molecule has 2 aromatic carbocycles. The van der Waals surface area contributed by atoms with Crippen LogP contribution >= 0.6 is 12.2 Å². The number of benzene rings is 2. The van der Waals surface area contributed by atoms with E-state index in [1.807, 2.05) is 54.7 Å². The number of nitrogens with zero attached hydrogens (tertiary/aromatic N) is 2. The van der Waals surface area contributed by atoms with E-state index in [0.717, 1.165) is 28.5 Å². The number of furan rings is 1. The number of aryl methyl sites for hydroxylation is 2. The number of hydrogen-bond donors (Lipinski definition) is 1. The summed E-state index contributed by atoms with van der Waals surface area (Å²) in [6, 6.07) is 26.3. The number of nitrogens with one attached hydrogen (secondary N) is 1. The maximum Gasteiger partial charge on any atom is 0.174 e. The van der Waals surface area contributed by atoms with E-state index in [-0.39, 0.29) is 12.1 Å². The van der Waals surface area contributed by atoms with Gasteiger partial charge in [-0.05, 0) is 73.6 Å². The summed E-state index contributed by atoms with van der Waals surface area (Å²) in [5, 5.41) is 4.15. The van der Waals surface area contributed by atoms with E-state index in [4.69, 9.17) is 16.6 Å². The molecule has 5 heteroatoms. The third-order valence-electron chi connectivity index (χ3n) is 5.84. The zero-order valence-electron chi connectivity index (χ0n) is 17.4. The van der Waals surface area contributed by atoms with E-state index in [1.165, 1.54) is 11.1 Å². The van der Waals surface area contributed by atoms with Crippen molar-refractivity contribution in [3.05, 3.63) is 108 Å². The van der Waals surface area contributed by atoms with Crippen LogP contribution in [0.2, 0.25) is 0 Å². The summed E-state index contributed by atoms with van der Waals surface area (Å²) in [7, 11) is 0. The third kappa shape index (κ3) is 3.62. The summed E-state index contributed by atoms with van der Waals surface area (Å²) in [5.74, 6) is 1.69. The van der Waals surface area contributed by atoms with Crippen molar-refractivity contribution in [1.82, 2.24) is 10.3 Å². The fraction of sp³-hybridized carbons (Fsp3) is 0.154. The van der Waals surface area contributed by atoms with Crippen molar-refractivity contribution in [3.8, 4) is 11.3 Å². The van der Waals surface area contributed by atoms with Crippen molar-refractivity contribution in [2.24, 2.45) is 0 Å². The summed E-state index contributed by atoms with van der Waals surface area (Å²) in [4.78, 5) is 6.75. The van der Waals surface area contributed by atoms with Crippen LogP contribution in [-0.2, 0) is 0 Å². The second-order valence-electron chi connectivity index (χ2n) is 7.83. The molecule has 4 nitrogen and oxygen atoms in total. The van der Waals surface area contributed by atoms with E-state index >= 15 is 0 Å². The van der Waals surface area contributed by atoms with Gasteiger partial charge in [-0.2, -0.15) is 0 Å². The van der Waals surface area contributed by atoms with E-state index in [1.54, 1.807) is 0 Å². The molecule has 2 aromatic heterocycles. The Labute approximate surface area is 187 Å². The number of anilines is 1. The fourth-order valence-electron chi connectivity index (χ4n) is 4.07. The highest BCUT2D eigenvalue weighted by atomic mass is 32.1. The molecule has 1 aliphatic heterocycles. The molecule has 0 aliphatic carbocycles. The van der Waals surface area contributed by atoms with Crippen molar-refractivity contribution in [1.29, 1.82) is 0 Å². The monoisotopic (exact) mass is 425 g/mol. The molecule has 0 radical (unpaired) electrons. The van der Waals surface area contributed by atoms with Gasteiger partial charge in [-0.1, -0.05) is 42.5 Å². The van der Waals surface area contributed by atoms with Gasteiger partial charge in [0.1, 0.15) is 17.6 Å². The molecule has 5 rings (SSSR count). The Morgan fingerprint density at radius 1 is 0.903 bits per heavy atom. The average Bonchev–Trinajstić information content (AvgIpc) is 3.41. The average molecular weight is 426 g/mol. The Morgan fingerprint density at radius 2 is 1.71 bits per heavy atom. The van der Waals surface area contributed by atoms with E-state index in [9.17, 15) is 0 Å². The van der Waals surface area contributed by atoms with Crippen molar-refractivity contribution in [3.63, 3.8) is 0 Å². The molecule has 31 heavy (non-hydrogen) atoms. The lowest BCUT2D eigenvalue weighted by atomic mass is 10.0. The summed E-state index contributed by atoms with van der Waals surface area (Å²) in [6.45, 7) is 4.24. The molecule has 1 saturated heterocycles. The second kappa shape index (κ2) is 8.00. The Kier molecular flexibility index (Phi) is 5.04. The summed E-state index contributed by atoms with van der Waals surface area (Å²) < 4.78 is 6.39. The van der Waals surface area contributed by atoms with Crippen LogP contribution in [0, 0.1) is 13.8 Å². The molecule has 4 aromatic rings. The zero-order chi connectivity index (χ0) is 21.4. The van der Waals surface area contributed by atoms with Crippen molar-refractivity contribution in [2.75, 3.05) is 4.90 Å². The number of aromatic nitrogens is 1. The quantitative estimate of drug-likeness (QED) is 0.398. The predicted molar refractivity (Wildman–Crippen MR) is 128 cm³/mol. The van der Waals surface area contributed by atoms with Crippen LogP contribution in [0.3, 0.4) is 0 Å². The van der Waals surface area contributed by atoms with Gasteiger partial charge in [0, 0.05) is 17.4 Å². The van der Waals surface area contributed by atoms with Crippen LogP contribution in [0.15, 0.2) is 89.5 Å². The Hall–Kier alpha value is -3.44. The lowest BCUT2D eigenvalue weighted by molar-refractivity contribution is 0.439. The molecular weight excluding hydrogens is 402 g/mol. The number of hydrogen-bond acceptors (Lipinski definition) is 3. The molecule has 0 saturated carbocycles.